The van der Waals surface area contributed by atoms with E-state index >= 15 is 0 Å². The number of aryl methyl sites for hydroxylation is 1. The fourth-order valence-corrected chi connectivity index (χ4v) is 1.39. The van der Waals surface area contributed by atoms with Crippen LogP contribution in [0.3, 0.4) is 0 Å². The molecule has 4 heteroatoms. The van der Waals surface area contributed by atoms with Crippen LogP contribution >= 0.6 is 0 Å². The van der Waals surface area contributed by atoms with Crippen LogP contribution in [0.1, 0.15) is 29.7 Å². The molecule has 0 aliphatic heterocycles. The molecule has 1 aromatic carbocycles. The average molecular weight is 217 g/mol. The van der Waals surface area contributed by atoms with Gasteiger partial charge < -0.3 is 5.32 Å². The van der Waals surface area contributed by atoms with E-state index in [0.717, 1.165) is 6.07 Å². The Kier molecular flexibility index (Phi) is 3.39. The van der Waals surface area contributed by atoms with E-state index in [1.807, 2.05) is 6.92 Å². The van der Waals surface area contributed by atoms with E-state index in [1.54, 1.807) is 20.0 Å². The van der Waals surface area contributed by atoms with Gasteiger partial charge in [-0.15, -0.1) is 0 Å². The summed E-state index contributed by atoms with van der Waals surface area (Å²) in [6.07, 6.45) is -4.27. The molecule has 0 fully saturated rings. The molecule has 84 valence electrons. The van der Waals surface area contributed by atoms with Crippen LogP contribution < -0.4 is 5.32 Å². The first-order valence-electron chi connectivity index (χ1n) is 4.70. The summed E-state index contributed by atoms with van der Waals surface area (Å²) in [5, 5.41) is 2.92. The number of hydrogen-bond donors (Lipinski definition) is 1. The molecule has 0 amide bonds. The van der Waals surface area contributed by atoms with E-state index in [-0.39, 0.29) is 6.04 Å². The lowest BCUT2D eigenvalue weighted by molar-refractivity contribution is -0.137. The molecule has 0 saturated carbocycles. The van der Waals surface area contributed by atoms with Gasteiger partial charge >= 0.3 is 6.18 Å². The molecular formula is C11H14F3N. The predicted molar refractivity (Wildman–Crippen MR) is 53.7 cm³/mol. The lowest BCUT2D eigenvalue weighted by Crippen LogP contribution is -2.14. The summed E-state index contributed by atoms with van der Waals surface area (Å²) in [7, 11) is 1.72. The zero-order valence-corrected chi connectivity index (χ0v) is 8.94. The minimum atomic E-state index is -4.27. The molecule has 15 heavy (non-hydrogen) atoms. The van der Waals surface area contributed by atoms with E-state index < -0.39 is 11.7 Å². The van der Waals surface area contributed by atoms with Crippen molar-refractivity contribution in [2.24, 2.45) is 0 Å². The molecule has 0 aliphatic rings. The maximum atomic E-state index is 12.5. The highest BCUT2D eigenvalue weighted by atomic mass is 19.4. The van der Waals surface area contributed by atoms with Gasteiger partial charge in [-0.2, -0.15) is 13.2 Å². The van der Waals surface area contributed by atoms with Gasteiger partial charge in [0.2, 0.25) is 0 Å². The minimum absolute atomic E-state index is 0.0778. The Morgan fingerprint density at radius 2 is 1.80 bits per heavy atom. The van der Waals surface area contributed by atoms with Gasteiger partial charge in [-0.1, -0.05) is 11.6 Å². The van der Waals surface area contributed by atoms with Crippen LogP contribution in [0.15, 0.2) is 18.2 Å². The predicted octanol–water partition coefficient (Wildman–Crippen LogP) is 3.29. The van der Waals surface area contributed by atoms with Crippen LogP contribution in [0.25, 0.3) is 0 Å². The first kappa shape index (κ1) is 12.0. The van der Waals surface area contributed by atoms with Crippen molar-refractivity contribution in [1.29, 1.82) is 0 Å². The SMILES string of the molecule is CNC(C)c1cc(C)cc(C(F)(F)F)c1. The van der Waals surface area contributed by atoms with Crippen LogP contribution in [-0.4, -0.2) is 7.05 Å². The number of benzene rings is 1. The Hall–Kier alpha value is -1.03. The van der Waals surface area contributed by atoms with E-state index in [2.05, 4.69) is 5.32 Å². The molecule has 0 aliphatic carbocycles. The Morgan fingerprint density at radius 1 is 1.20 bits per heavy atom. The quantitative estimate of drug-likeness (QED) is 0.801. The number of nitrogens with one attached hydrogen (secondary N) is 1. The van der Waals surface area contributed by atoms with Gasteiger partial charge in [-0.05, 0) is 38.6 Å². The van der Waals surface area contributed by atoms with Crippen molar-refractivity contribution < 1.29 is 13.2 Å². The highest BCUT2D eigenvalue weighted by molar-refractivity contribution is 5.32. The third kappa shape index (κ3) is 2.96. The van der Waals surface area contributed by atoms with E-state index in [1.165, 1.54) is 6.07 Å². The minimum Gasteiger partial charge on any atom is -0.313 e. The van der Waals surface area contributed by atoms with Crippen molar-refractivity contribution in [2.75, 3.05) is 7.05 Å². The molecule has 0 radical (unpaired) electrons. The Morgan fingerprint density at radius 3 is 2.27 bits per heavy atom. The average Bonchev–Trinajstić information content (AvgIpc) is 2.14. The lowest BCUT2D eigenvalue weighted by Gasteiger charge is -2.15. The van der Waals surface area contributed by atoms with Crippen LogP contribution in [0, 0.1) is 6.92 Å². The number of halogens is 3. The Balaban J connectivity index is 3.17. The molecule has 1 nitrogen and oxygen atoms in total. The van der Waals surface area contributed by atoms with Gasteiger partial charge in [0.25, 0.3) is 0 Å². The van der Waals surface area contributed by atoms with Crippen LogP contribution in [0.4, 0.5) is 13.2 Å². The van der Waals surface area contributed by atoms with Crippen LogP contribution in [-0.2, 0) is 6.18 Å². The third-order valence-corrected chi connectivity index (χ3v) is 2.36. The van der Waals surface area contributed by atoms with E-state index in [4.69, 9.17) is 0 Å². The zero-order valence-electron chi connectivity index (χ0n) is 8.94. The first-order valence-corrected chi connectivity index (χ1v) is 4.70. The van der Waals surface area contributed by atoms with E-state index in [9.17, 15) is 13.2 Å². The van der Waals surface area contributed by atoms with Crippen molar-refractivity contribution >= 4 is 0 Å². The second-order valence-corrected chi connectivity index (χ2v) is 3.64. The van der Waals surface area contributed by atoms with Gasteiger partial charge in [0, 0.05) is 6.04 Å². The normalized spacial score (nSPS) is 14.0. The van der Waals surface area contributed by atoms with Gasteiger partial charge in [0.1, 0.15) is 0 Å². The number of alkyl halides is 3. The maximum absolute atomic E-state index is 12.5. The van der Waals surface area contributed by atoms with E-state index in [0.29, 0.717) is 11.1 Å². The number of rotatable bonds is 2. The molecule has 0 bridgehead atoms. The summed E-state index contributed by atoms with van der Waals surface area (Å²) in [5.41, 5.74) is 0.700. The standard InChI is InChI=1S/C11H14F3N/c1-7-4-9(8(2)15-3)6-10(5-7)11(12,13)14/h4-6,8,15H,1-3H3. The largest absolute Gasteiger partial charge is 0.416 e. The molecule has 1 aromatic rings. The second kappa shape index (κ2) is 4.23. The summed E-state index contributed by atoms with van der Waals surface area (Å²) in [6, 6.07) is 4.03. The summed E-state index contributed by atoms with van der Waals surface area (Å²) in [4.78, 5) is 0. The first-order chi connectivity index (χ1) is 6.84. The zero-order chi connectivity index (χ0) is 11.6. The highest BCUT2D eigenvalue weighted by Gasteiger charge is 2.31. The lowest BCUT2D eigenvalue weighted by atomic mass is 10.0. The van der Waals surface area contributed by atoms with Gasteiger partial charge in [0.05, 0.1) is 5.56 Å². The van der Waals surface area contributed by atoms with Crippen molar-refractivity contribution in [1.82, 2.24) is 5.32 Å². The highest BCUT2D eigenvalue weighted by Crippen LogP contribution is 2.31. The molecule has 0 spiro atoms. The van der Waals surface area contributed by atoms with Crippen molar-refractivity contribution in [3.05, 3.63) is 34.9 Å². The summed E-state index contributed by atoms with van der Waals surface area (Å²) < 4.78 is 37.5. The van der Waals surface area contributed by atoms with Crippen molar-refractivity contribution in [3.8, 4) is 0 Å². The smallest absolute Gasteiger partial charge is 0.313 e. The monoisotopic (exact) mass is 217 g/mol. The Bertz CT molecular complexity index is 344. The molecule has 0 saturated heterocycles. The summed E-state index contributed by atoms with van der Waals surface area (Å²) in [5.74, 6) is 0. The second-order valence-electron chi connectivity index (χ2n) is 3.64. The van der Waals surface area contributed by atoms with Gasteiger partial charge in [0.15, 0.2) is 0 Å². The maximum Gasteiger partial charge on any atom is 0.416 e. The fourth-order valence-electron chi connectivity index (χ4n) is 1.39. The molecule has 0 aromatic heterocycles. The van der Waals surface area contributed by atoms with Gasteiger partial charge in [-0.25, -0.2) is 0 Å². The van der Waals surface area contributed by atoms with Crippen molar-refractivity contribution in [2.45, 2.75) is 26.1 Å². The third-order valence-electron chi connectivity index (χ3n) is 2.36. The summed E-state index contributed by atoms with van der Waals surface area (Å²) in [6.45, 7) is 3.50. The molecule has 1 N–H and O–H groups in total. The van der Waals surface area contributed by atoms with Crippen LogP contribution in [0.5, 0.6) is 0 Å². The molecule has 1 rings (SSSR count). The Labute approximate surface area is 87.3 Å². The van der Waals surface area contributed by atoms with Crippen molar-refractivity contribution in [3.63, 3.8) is 0 Å². The van der Waals surface area contributed by atoms with Gasteiger partial charge in [-0.3, -0.25) is 0 Å². The van der Waals surface area contributed by atoms with Crippen LogP contribution in [0.2, 0.25) is 0 Å². The molecule has 1 atom stereocenters. The number of hydrogen-bond acceptors (Lipinski definition) is 1. The molecule has 1 unspecified atom stereocenters. The summed E-state index contributed by atoms with van der Waals surface area (Å²) >= 11 is 0. The topological polar surface area (TPSA) is 12.0 Å². The molecule has 0 heterocycles. The fraction of sp³-hybridized carbons (Fsp3) is 0.455. The molecular weight excluding hydrogens is 203 g/mol.